The average molecular weight is 381 g/mol. The molecule has 2 heterocycles. The number of piperidine rings is 1. The summed E-state index contributed by atoms with van der Waals surface area (Å²) in [4.78, 5) is 30.7. The van der Waals surface area contributed by atoms with Crippen LogP contribution in [0.5, 0.6) is 0 Å². The summed E-state index contributed by atoms with van der Waals surface area (Å²) in [6.07, 6.45) is 6.33. The number of carbonyl (C=O) groups is 2. The van der Waals surface area contributed by atoms with Crippen molar-refractivity contribution in [3.8, 4) is 0 Å². The number of hydrogen-bond donors (Lipinski definition) is 1. The van der Waals surface area contributed by atoms with Crippen molar-refractivity contribution in [2.75, 3.05) is 13.1 Å². The first kappa shape index (κ1) is 19.7. The van der Waals surface area contributed by atoms with E-state index in [-0.39, 0.29) is 23.5 Å². The molecule has 3 rings (SSSR count). The number of likely N-dealkylation sites (tertiary alicyclic amines) is 1. The molecule has 1 aromatic heterocycles. The molecule has 1 aromatic carbocycles. The van der Waals surface area contributed by atoms with E-state index >= 15 is 0 Å². The molecule has 1 aliphatic heterocycles. The minimum absolute atomic E-state index is 0.0160. The quantitative estimate of drug-likeness (QED) is 0.810. The molecule has 0 aliphatic carbocycles. The van der Waals surface area contributed by atoms with Gasteiger partial charge < -0.3 is 10.2 Å². The van der Waals surface area contributed by atoms with E-state index in [1.165, 1.54) is 12.1 Å². The molecule has 6 heteroatoms. The second kappa shape index (κ2) is 9.26. The zero-order chi connectivity index (χ0) is 19.9. The lowest BCUT2D eigenvalue weighted by atomic mass is 9.95. The van der Waals surface area contributed by atoms with Gasteiger partial charge in [-0.25, -0.2) is 4.39 Å². The third kappa shape index (κ3) is 5.49. The van der Waals surface area contributed by atoms with E-state index in [0.29, 0.717) is 32.5 Å². The van der Waals surface area contributed by atoms with E-state index in [4.69, 9.17) is 0 Å². The molecule has 2 aromatic rings. The van der Waals surface area contributed by atoms with Crippen molar-refractivity contribution in [1.29, 1.82) is 0 Å². The fourth-order valence-corrected chi connectivity index (χ4v) is 3.15. The highest BCUT2D eigenvalue weighted by Gasteiger charge is 2.26. The van der Waals surface area contributed by atoms with Crippen LogP contribution >= 0.6 is 0 Å². The number of aryl methyl sites for hydroxylation is 1. The number of carbonyl (C=O) groups excluding carboxylic acids is 2. The highest BCUT2D eigenvalue weighted by molar-refractivity contribution is 5.92. The average Bonchev–Trinajstić information content (AvgIpc) is 2.72. The molecule has 2 amide bonds. The molecule has 0 atom stereocenters. The van der Waals surface area contributed by atoms with Gasteiger partial charge in [-0.05, 0) is 55.2 Å². The minimum Gasteiger partial charge on any atom is -0.352 e. The summed E-state index contributed by atoms with van der Waals surface area (Å²) in [5.74, 6) is -0.460. The molecule has 0 radical (unpaired) electrons. The smallest absolute Gasteiger partial charge is 0.246 e. The predicted molar refractivity (Wildman–Crippen MR) is 106 cm³/mol. The van der Waals surface area contributed by atoms with Crippen LogP contribution in [0, 0.1) is 18.7 Å². The molecule has 1 fully saturated rings. The summed E-state index contributed by atoms with van der Waals surface area (Å²) in [6, 6.07) is 9.90. The van der Waals surface area contributed by atoms with Crippen molar-refractivity contribution in [3.63, 3.8) is 0 Å². The van der Waals surface area contributed by atoms with E-state index in [1.807, 2.05) is 19.1 Å². The van der Waals surface area contributed by atoms with Gasteiger partial charge in [0.25, 0.3) is 0 Å². The van der Waals surface area contributed by atoms with Crippen molar-refractivity contribution in [2.24, 2.45) is 5.92 Å². The Balaban J connectivity index is 1.44. The van der Waals surface area contributed by atoms with E-state index in [2.05, 4.69) is 10.3 Å². The first-order valence-electron chi connectivity index (χ1n) is 9.43. The third-order valence-electron chi connectivity index (χ3n) is 4.91. The molecule has 1 N–H and O–H groups in total. The zero-order valence-electron chi connectivity index (χ0n) is 15.9. The summed E-state index contributed by atoms with van der Waals surface area (Å²) in [6.45, 7) is 3.41. The van der Waals surface area contributed by atoms with Crippen LogP contribution in [0.3, 0.4) is 0 Å². The molecule has 0 bridgehead atoms. The Morgan fingerprint density at radius 3 is 2.54 bits per heavy atom. The van der Waals surface area contributed by atoms with Crippen LogP contribution in [-0.2, 0) is 16.1 Å². The van der Waals surface area contributed by atoms with Crippen molar-refractivity contribution in [1.82, 2.24) is 15.2 Å². The van der Waals surface area contributed by atoms with Gasteiger partial charge in [-0.15, -0.1) is 0 Å². The molecule has 1 saturated heterocycles. The Morgan fingerprint density at radius 1 is 1.18 bits per heavy atom. The molecular weight excluding hydrogens is 357 g/mol. The summed E-state index contributed by atoms with van der Waals surface area (Å²) in [5, 5.41) is 2.90. The maximum absolute atomic E-state index is 12.9. The number of pyridine rings is 1. The number of nitrogens with zero attached hydrogens (tertiary/aromatic N) is 2. The van der Waals surface area contributed by atoms with Crippen LogP contribution in [0.25, 0.3) is 6.08 Å². The summed E-state index contributed by atoms with van der Waals surface area (Å²) < 4.78 is 12.9. The highest BCUT2D eigenvalue weighted by atomic mass is 19.1. The van der Waals surface area contributed by atoms with E-state index in [9.17, 15) is 14.0 Å². The lowest BCUT2D eigenvalue weighted by Gasteiger charge is -2.30. The van der Waals surface area contributed by atoms with Gasteiger partial charge in [-0.1, -0.05) is 18.2 Å². The van der Waals surface area contributed by atoms with Gasteiger partial charge in [-0.2, -0.15) is 0 Å². The number of nitrogens with one attached hydrogen (secondary N) is 1. The van der Waals surface area contributed by atoms with Crippen LogP contribution < -0.4 is 5.32 Å². The van der Waals surface area contributed by atoms with Crippen molar-refractivity contribution < 1.29 is 14.0 Å². The maximum atomic E-state index is 12.9. The summed E-state index contributed by atoms with van der Waals surface area (Å²) >= 11 is 0. The standard InChI is InChI=1S/C22H24FN3O2/c1-16-2-3-17(14-24-16)6-9-21(27)26-12-10-19(11-13-26)22(28)25-15-18-4-7-20(23)8-5-18/h2-9,14,19H,10-13,15H2,1H3,(H,25,28)/b9-6+. The molecule has 0 unspecified atom stereocenters. The van der Waals surface area contributed by atoms with Crippen LogP contribution in [0.2, 0.25) is 0 Å². The fourth-order valence-electron chi connectivity index (χ4n) is 3.15. The highest BCUT2D eigenvalue weighted by Crippen LogP contribution is 2.18. The second-order valence-electron chi connectivity index (χ2n) is 7.01. The maximum Gasteiger partial charge on any atom is 0.246 e. The first-order chi connectivity index (χ1) is 13.5. The van der Waals surface area contributed by atoms with Crippen LogP contribution in [-0.4, -0.2) is 34.8 Å². The molecule has 5 nitrogen and oxygen atoms in total. The van der Waals surface area contributed by atoms with Gasteiger partial charge in [0, 0.05) is 43.5 Å². The zero-order valence-corrected chi connectivity index (χ0v) is 15.9. The van der Waals surface area contributed by atoms with Crippen molar-refractivity contribution in [2.45, 2.75) is 26.3 Å². The minimum atomic E-state index is -0.292. The SMILES string of the molecule is Cc1ccc(/C=C/C(=O)N2CCC(C(=O)NCc3ccc(F)cc3)CC2)cn1. The van der Waals surface area contributed by atoms with Gasteiger partial charge >= 0.3 is 0 Å². The largest absolute Gasteiger partial charge is 0.352 e. The van der Waals surface area contributed by atoms with Gasteiger partial charge in [0.15, 0.2) is 0 Å². The number of aromatic nitrogens is 1. The summed E-state index contributed by atoms with van der Waals surface area (Å²) in [7, 11) is 0. The topological polar surface area (TPSA) is 62.3 Å². The van der Waals surface area contributed by atoms with Gasteiger partial charge in [0.1, 0.15) is 5.82 Å². The molecule has 146 valence electrons. The lowest BCUT2D eigenvalue weighted by molar-refractivity contribution is -0.132. The normalized spacial score (nSPS) is 15.0. The number of hydrogen-bond acceptors (Lipinski definition) is 3. The third-order valence-corrected chi connectivity index (χ3v) is 4.91. The lowest BCUT2D eigenvalue weighted by Crippen LogP contribution is -2.42. The fraction of sp³-hybridized carbons (Fsp3) is 0.318. The van der Waals surface area contributed by atoms with E-state index in [0.717, 1.165) is 16.8 Å². The number of halogens is 1. The number of benzene rings is 1. The molecule has 28 heavy (non-hydrogen) atoms. The van der Waals surface area contributed by atoms with Gasteiger partial charge in [-0.3, -0.25) is 14.6 Å². The molecule has 1 aliphatic rings. The Labute approximate surface area is 164 Å². The predicted octanol–water partition coefficient (Wildman–Crippen LogP) is 3.10. The van der Waals surface area contributed by atoms with Crippen LogP contribution in [0.15, 0.2) is 48.7 Å². The van der Waals surface area contributed by atoms with Crippen LogP contribution in [0.4, 0.5) is 4.39 Å². The molecular formula is C22H24FN3O2. The van der Waals surface area contributed by atoms with Crippen molar-refractivity contribution in [3.05, 3.63) is 71.3 Å². The van der Waals surface area contributed by atoms with Gasteiger partial charge in [0.2, 0.25) is 11.8 Å². The Hall–Kier alpha value is -3.02. The number of amides is 2. The number of rotatable bonds is 5. The van der Waals surface area contributed by atoms with E-state index < -0.39 is 0 Å². The molecule has 0 spiro atoms. The Morgan fingerprint density at radius 2 is 1.89 bits per heavy atom. The first-order valence-corrected chi connectivity index (χ1v) is 9.43. The Kier molecular flexibility index (Phi) is 6.53. The van der Waals surface area contributed by atoms with Crippen LogP contribution in [0.1, 0.15) is 29.7 Å². The van der Waals surface area contributed by atoms with Crippen molar-refractivity contribution >= 4 is 17.9 Å². The monoisotopic (exact) mass is 381 g/mol. The molecule has 0 saturated carbocycles. The summed E-state index contributed by atoms with van der Waals surface area (Å²) in [5.41, 5.74) is 2.68. The second-order valence-corrected chi connectivity index (χ2v) is 7.01. The van der Waals surface area contributed by atoms with Gasteiger partial charge in [0.05, 0.1) is 0 Å². The Bertz CT molecular complexity index is 839. The van der Waals surface area contributed by atoms with E-state index in [1.54, 1.807) is 35.4 Å².